The Bertz CT molecular complexity index is 615. The summed E-state index contributed by atoms with van der Waals surface area (Å²) in [6.07, 6.45) is 1.91. The third-order valence-electron chi connectivity index (χ3n) is 2.98. The average Bonchev–Trinajstić information content (AvgIpc) is 2.52. The molecule has 0 saturated carbocycles. The van der Waals surface area contributed by atoms with Crippen molar-refractivity contribution in [3.8, 4) is 5.75 Å². The summed E-state index contributed by atoms with van der Waals surface area (Å²) in [5.74, 6) is 0.564. The van der Waals surface area contributed by atoms with Crippen molar-refractivity contribution >= 4 is 5.78 Å². The van der Waals surface area contributed by atoms with Crippen LogP contribution in [-0.2, 0) is 11.2 Å². The third-order valence-corrected chi connectivity index (χ3v) is 2.98. The summed E-state index contributed by atoms with van der Waals surface area (Å²) in [6.45, 7) is 5.41. The van der Waals surface area contributed by atoms with Crippen LogP contribution < -0.4 is 4.74 Å². The predicted molar refractivity (Wildman–Crippen MR) is 83.2 cm³/mol. The third kappa shape index (κ3) is 4.93. The number of ether oxygens (including phenoxy) is 2. The average molecular weight is 300 g/mol. The summed E-state index contributed by atoms with van der Waals surface area (Å²) in [6, 6.07) is 8.99. The van der Waals surface area contributed by atoms with E-state index in [0.717, 1.165) is 11.4 Å². The Morgan fingerprint density at radius 3 is 2.82 bits per heavy atom. The van der Waals surface area contributed by atoms with Crippen molar-refractivity contribution in [3.05, 3.63) is 53.6 Å². The molecular formula is C17H20N2O3. The van der Waals surface area contributed by atoms with Gasteiger partial charge in [-0.05, 0) is 26.0 Å². The molecule has 116 valence electrons. The first-order valence-corrected chi connectivity index (χ1v) is 7.31. The zero-order valence-electron chi connectivity index (χ0n) is 12.9. The second kappa shape index (κ2) is 8.24. The first-order chi connectivity index (χ1) is 10.7. The minimum Gasteiger partial charge on any atom is -0.491 e. The van der Waals surface area contributed by atoms with Gasteiger partial charge in [0.25, 0.3) is 0 Å². The molecule has 0 radical (unpaired) electrons. The molecule has 0 unspecified atom stereocenters. The number of aryl methyl sites for hydroxylation is 1. The van der Waals surface area contributed by atoms with Gasteiger partial charge in [-0.2, -0.15) is 0 Å². The maximum absolute atomic E-state index is 12.3. The van der Waals surface area contributed by atoms with Gasteiger partial charge in [0.2, 0.25) is 0 Å². The Morgan fingerprint density at radius 1 is 1.23 bits per heavy atom. The number of aromatic nitrogens is 2. The number of carbonyl (C=O) groups is 1. The monoisotopic (exact) mass is 300 g/mol. The molecule has 2 aromatic heterocycles. The molecule has 0 bridgehead atoms. The fourth-order valence-corrected chi connectivity index (χ4v) is 1.98. The molecule has 0 spiro atoms. The topological polar surface area (TPSA) is 61.3 Å². The lowest BCUT2D eigenvalue weighted by Crippen LogP contribution is -2.10. The van der Waals surface area contributed by atoms with Crippen LogP contribution in [0.4, 0.5) is 0 Å². The summed E-state index contributed by atoms with van der Waals surface area (Å²) < 4.78 is 10.8. The highest BCUT2D eigenvalue weighted by molar-refractivity contribution is 5.95. The first-order valence-electron chi connectivity index (χ1n) is 7.31. The SMILES string of the molecule is CCOCCOc1cc(C)nc(C(=O)Cc2ccccn2)c1. The fourth-order valence-electron chi connectivity index (χ4n) is 1.98. The van der Waals surface area contributed by atoms with Crippen molar-refractivity contribution in [2.24, 2.45) is 0 Å². The number of pyridine rings is 2. The number of Topliss-reactive ketones (excluding diaryl/α,β-unsaturated/α-hetero) is 1. The van der Waals surface area contributed by atoms with Crippen LogP contribution in [-0.4, -0.2) is 35.6 Å². The predicted octanol–water partition coefficient (Wildman–Crippen LogP) is 2.63. The number of carbonyl (C=O) groups excluding carboxylic acids is 1. The molecule has 0 amide bonds. The zero-order chi connectivity index (χ0) is 15.8. The van der Waals surface area contributed by atoms with Gasteiger partial charge in [-0.1, -0.05) is 6.07 Å². The quantitative estimate of drug-likeness (QED) is 0.554. The van der Waals surface area contributed by atoms with E-state index in [2.05, 4.69) is 9.97 Å². The highest BCUT2D eigenvalue weighted by Gasteiger charge is 2.11. The van der Waals surface area contributed by atoms with Crippen LogP contribution in [0.2, 0.25) is 0 Å². The number of nitrogens with zero attached hydrogens (tertiary/aromatic N) is 2. The number of hydrogen-bond acceptors (Lipinski definition) is 5. The van der Waals surface area contributed by atoms with Gasteiger partial charge >= 0.3 is 0 Å². The van der Waals surface area contributed by atoms with Crippen LogP contribution >= 0.6 is 0 Å². The molecule has 0 aliphatic carbocycles. The van der Waals surface area contributed by atoms with Gasteiger partial charge in [-0.15, -0.1) is 0 Å². The second-order valence-corrected chi connectivity index (χ2v) is 4.80. The van der Waals surface area contributed by atoms with Crippen LogP contribution in [0.3, 0.4) is 0 Å². The Labute approximate surface area is 130 Å². The maximum atomic E-state index is 12.3. The Balaban J connectivity index is 2.03. The Kier molecular flexibility index (Phi) is 6.03. The lowest BCUT2D eigenvalue weighted by Gasteiger charge is -2.09. The standard InChI is InChI=1S/C17H20N2O3/c1-3-21-8-9-22-15-10-13(2)19-16(12-15)17(20)11-14-6-4-5-7-18-14/h4-7,10,12H,3,8-9,11H2,1-2H3. The van der Waals surface area contributed by atoms with Gasteiger partial charge in [-0.25, -0.2) is 4.98 Å². The Morgan fingerprint density at radius 2 is 2.09 bits per heavy atom. The number of ketones is 1. The van der Waals surface area contributed by atoms with E-state index in [1.54, 1.807) is 12.3 Å². The lowest BCUT2D eigenvalue weighted by molar-refractivity contribution is 0.0985. The highest BCUT2D eigenvalue weighted by Crippen LogP contribution is 2.15. The van der Waals surface area contributed by atoms with Crippen LogP contribution in [0, 0.1) is 6.92 Å². The molecule has 2 heterocycles. The van der Waals surface area contributed by atoms with Crippen molar-refractivity contribution in [1.82, 2.24) is 9.97 Å². The summed E-state index contributed by atoms with van der Waals surface area (Å²) in [7, 11) is 0. The lowest BCUT2D eigenvalue weighted by atomic mass is 10.1. The fraction of sp³-hybridized carbons (Fsp3) is 0.353. The van der Waals surface area contributed by atoms with Crippen molar-refractivity contribution < 1.29 is 14.3 Å². The van der Waals surface area contributed by atoms with Crippen LogP contribution in [0.1, 0.15) is 28.8 Å². The normalized spacial score (nSPS) is 10.5. The molecule has 22 heavy (non-hydrogen) atoms. The molecule has 0 aromatic carbocycles. The van der Waals surface area contributed by atoms with Crippen molar-refractivity contribution in [2.75, 3.05) is 19.8 Å². The molecule has 0 fully saturated rings. The molecule has 2 aromatic rings. The Hall–Kier alpha value is -2.27. The van der Waals surface area contributed by atoms with Crippen LogP contribution in [0.25, 0.3) is 0 Å². The molecule has 2 rings (SSSR count). The minimum atomic E-state index is -0.0722. The van der Waals surface area contributed by atoms with Gasteiger partial charge < -0.3 is 9.47 Å². The molecule has 0 aliphatic heterocycles. The molecule has 0 N–H and O–H groups in total. The van der Waals surface area contributed by atoms with Crippen molar-refractivity contribution in [2.45, 2.75) is 20.3 Å². The molecule has 5 heteroatoms. The first kappa shape index (κ1) is 16.1. The highest BCUT2D eigenvalue weighted by atomic mass is 16.5. The van der Waals surface area contributed by atoms with Crippen molar-refractivity contribution in [3.63, 3.8) is 0 Å². The van der Waals surface area contributed by atoms with E-state index < -0.39 is 0 Å². The van der Waals surface area contributed by atoms with Gasteiger partial charge in [-0.3, -0.25) is 9.78 Å². The molecule has 0 atom stereocenters. The second-order valence-electron chi connectivity index (χ2n) is 4.80. The van der Waals surface area contributed by atoms with Crippen molar-refractivity contribution in [1.29, 1.82) is 0 Å². The van der Waals surface area contributed by atoms with Gasteiger partial charge in [0.05, 0.1) is 13.0 Å². The van der Waals surface area contributed by atoms with Gasteiger partial charge in [0.1, 0.15) is 18.1 Å². The van der Waals surface area contributed by atoms with E-state index in [9.17, 15) is 4.79 Å². The van der Waals surface area contributed by atoms with Crippen LogP contribution in [0.15, 0.2) is 36.5 Å². The molecule has 0 aliphatic rings. The van der Waals surface area contributed by atoms with E-state index in [1.165, 1.54) is 0 Å². The molecule has 0 saturated heterocycles. The van der Waals surface area contributed by atoms with E-state index in [1.807, 2.05) is 38.1 Å². The van der Waals surface area contributed by atoms with E-state index in [4.69, 9.17) is 9.47 Å². The van der Waals surface area contributed by atoms with E-state index >= 15 is 0 Å². The van der Waals surface area contributed by atoms with Gasteiger partial charge in [0.15, 0.2) is 5.78 Å². The number of hydrogen-bond donors (Lipinski definition) is 0. The minimum absolute atomic E-state index is 0.0722. The van der Waals surface area contributed by atoms with E-state index in [0.29, 0.717) is 31.3 Å². The molecular weight excluding hydrogens is 280 g/mol. The van der Waals surface area contributed by atoms with Gasteiger partial charge in [0, 0.05) is 36.3 Å². The van der Waals surface area contributed by atoms with E-state index in [-0.39, 0.29) is 12.2 Å². The molecule has 5 nitrogen and oxygen atoms in total. The summed E-state index contributed by atoms with van der Waals surface area (Å²) in [4.78, 5) is 20.8. The summed E-state index contributed by atoms with van der Waals surface area (Å²) in [5.41, 5.74) is 1.88. The summed E-state index contributed by atoms with van der Waals surface area (Å²) in [5, 5.41) is 0. The maximum Gasteiger partial charge on any atom is 0.187 e. The smallest absolute Gasteiger partial charge is 0.187 e. The zero-order valence-corrected chi connectivity index (χ0v) is 12.9. The number of rotatable bonds is 8. The largest absolute Gasteiger partial charge is 0.491 e. The van der Waals surface area contributed by atoms with Crippen LogP contribution in [0.5, 0.6) is 5.75 Å². The summed E-state index contributed by atoms with van der Waals surface area (Å²) >= 11 is 0.